The van der Waals surface area contributed by atoms with Gasteiger partial charge in [0.2, 0.25) is 0 Å². The predicted molar refractivity (Wildman–Crippen MR) is 99.4 cm³/mol. The van der Waals surface area contributed by atoms with Gasteiger partial charge in [-0.15, -0.1) is 0 Å². The van der Waals surface area contributed by atoms with Gasteiger partial charge in [0.15, 0.2) is 0 Å². The number of nitrogens with one attached hydrogen (secondary N) is 1. The molecule has 0 aliphatic rings. The lowest BCUT2D eigenvalue weighted by Crippen LogP contribution is -2.12. The van der Waals surface area contributed by atoms with Gasteiger partial charge in [0.05, 0.1) is 11.0 Å². The highest BCUT2D eigenvalue weighted by Gasteiger charge is 2.11. The number of carbonyl (C=O) groups excluding carboxylic acids is 1. The number of nitrogens with zero attached hydrogens (tertiary/aromatic N) is 2. The minimum absolute atomic E-state index is 0.170. The summed E-state index contributed by atoms with van der Waals surface area (Å²) < 4.78 is 0. The van der Waals surface area contributed by atoms with Gasteiger partial charge in [-0.05, 0) is 29.8 Å². The second kappa shape index (κ2) is 6.53. The summed E-state index contributed by atoms with van der Waals surface area (Å²) >= 11 is 0. The van der Waals surface area contributed by atoms with E-state index >= 15 is 0 Å². The maximum absolute atomic E-state index is 12.7. The topological polar surface area (TPSA) is 54.9 Å². The summed E-state index contributed by atoms with van der Waals surface area (Å²) in [5, 5.41) is 3.00. The molecule has 4 nitrogen and oxygen atoms in total. The van der Waals surface area contributed by atoms with Gasteiger partial charge in [0, 0.05) is 29.2 Å². The smallest absolute Gasteiger partial charge is 0.255 e. The van der Waals surface area contributed by atoms with Crippen LogP contribution in [0.5, 0.6) is 0 Å². The van der Waals surface area contributed by atoms with Crippen LogP contribution in [0.1, 0.15) is 10.4 Å². The van der Waals surface area contributed by atoms with Crippen molar-refractivity contribution in [3.63, 3.8) is 0 Å². The van der Waals surface area contributed by atoms with Crippen LogP contribution in [-0.4, -0.2) is 15.9 Å². The molecule has 0 radical (unpaired) electrons. The van der Waals surface area contributed by atoms with E-state index in [0.29, 0.717) is 11.1 Å². The van der Waals surface area contributed by atoms with Gasteiger partial charge in [0.25, 0.3) is 5.91 Å². The predicted octanol–water partition coefficient (Wildman–Crippen LogP) is 4.55. The molecule has 1 aromatic heterocycles. The highest BCUT2D eigenvalue weighted by Crippen LogP contribution is 2.28. The molecule has 1 heterocycles. The first-order valence-electron chi connectivity index (χ1n) is 7.98. The van der Waals surface area contributed by atoms with Gasteiger partial charge in [-0.3, -0.25) is 14.8 Å². The molecular formula is C21H15N3O. The normalized spacial score (nSPS) is 10.6. The van der Waals surface area contributed by atoms with Crippen molar-refractivity contribution >= 4 is 22.6 Å². The lowest BCUT2D eigenvalue weighted by atomic mass is 10.0. The lowest BCUT2D eigenvalue weighted by Gasteiger charge is -2.11. The first-order chi connectivity index (χ1) is 12.3. The quantitative estimate of drug-likeness (QED) is 0.601. The van der Waals surface area contributed by atoms with Crippen LogP contribution in [0.3, 0.4) is 0 Å². The number of anilines is 1. The number of rotatable bonds is 3. The van der Waals surface area contributed by atoms with E-state index in [1.165, 1.54) is 0 Å². The molecule has 0 aliphatic heterocycles. The van der Waals surface area contributed by atoms with Crippen molar-refractivity contribution in [3.8, 4) is 11.1 Å². The third-order valence-corrected chi connectivity index (χ3v) is 3.99. The van der Waals surface area contributed by atoms with Gasteiger partial charge in [-0.1, -0.05) is 48.5 Å². The fourth-order valence-electron chi connectivity index (χ4n) is 2.76. The molecule has 0 bridgehead atoms. The van der Waals surface area contributed by atoms with Crippen LogP contribution in [0.15, 0.2) is 85.2 Å². The zero-order valence-electron chi connectivity index (χ0n) is 13.4. The van der Waals surface area contributed by atoms with Gasteiger partial charge >= 0.3 is 0 Å². The Bertz CT molecular complexity index is 1040. The van der Waals surface area contributed by atoms with E-state index in [1.54, 1.807) is 30.6 Å². The van der Waals surface area contributed by atoms with Gasteiger partial charge in [-0.2, -0.15) is 0 Å². The third kappa shape index (κ3) is 3.10. The van der Waals surface area contributed by atoms with Crippen molar-refractivity contribution in [1.29, 1.82) is 0 Å². The fraction of sp³-hybridized carbons (Fsp3) is 0. The van der Waals surface area contributed by atoms with E-state index < -0.39 is 0 Å². The molecule has 3 aromatic carbocycles. The van der Waals surface area contributed by atoms with E-state index in [2.05, 4.69) is 15.3 Å². The summed E-state index contributed by atoms with van der Waals surface area (Å²) in [5.74, 6) is -0.170. The van der Waals surface area contributed by atoms with Crippen LogP contribution in [0.4, 0.5) is 5.69 Å². The molecule has 0 aliphatic carbocycles. The average molecular weight is 325 g/mol. The summed E-state index contributed by atoms with van der Waals surface area (Å²) in [5.41, 5.74) is 4.84. The number of benzene rings is 3. The molecule has 4 aromatic rings. The molecule has 0 saturated heterocycles. The average Bonchev–Trinajstić information content (AvgIpc) is 2.68. The van der Waals surface area contributed by atoms with Crippen molar-refractivity contribution in [3.05, 3.63) is 90.8 Å². The Morgan fingerprint density at radius 1 is 0.760 bits per heavy atom. The van der Waals surface area contributed by atoms with E-state index in [9.17, 15) is 4.79 Å². The van der Waals surface area contributed by atoms with Crippen LogP contribution in [0.25, 0.3) is 22.2 Å². The van der Waals surface area contributed by atoms with Crippen LogP contribution in [-0.2, 0) is 0 Å². The Morgan fingerprint density at radius 2 is 1.48 bits per heavy atom. The third-order valence-electron chi connectivity index (χ3n) is 3.99. The summed E-state index contributed by atoms with van der Waals surface area (Å²) in [6.45, 7) is 0. The number of carbonyl (C=O) groups is 1. The molecule has 0 fully saturated rings. The fourth-order valence-corrected chi connectivity index (χ4v) is 2.76. The van der Waals surface area contributed by atoms with Crippen molar-refractivity contribution in [2.75, 3.05) is 5.32 Å². The molecule has 4 heteroatoms. The minimum atomic E-state index is -0.170. The zero-order chi connectivity index (χ0) is 17.1. The second-order valence-corrected chi connectivity index (χ2v) is 5.63. The highest BCUT2D eigenvalue weighted by atomic mass is 16.1. The maximum Gasteiger partial charge on any atom is 0.255 e. The minimum Gasteiger partial charge on any atom is -0.321 e. The SMILES string of the molecule is O=C(Nc1ccccc1-c1ccccc1)c1ccc2nccnc2c1. The van der Waals surface area contributed by atoms with Gasteiger partial charge < -0.3 is 5.32 Å². The summed E-state index contributed by atoms with van der Waals surface area (Å²) in [4.78, 5) is 21.2. The van der Waals surface area contributed by atoms with E-state index in [1.807, 2.05) is 54.6 Å². The summed E-state index contributed by atoms with van der Waals surface area (Å²) in [7, 11) is 0. The molecule has 25 heavy (non-hydrogen) atoms. The Balaban J connectivity index is 1.67. The monoisotopic (exact) mass is 325 g/mol. The van der Waals surface area contributed by atoms with Crippen LogP contribution in [0, 0.1) is 0 Å². The molecule has 1 N–H and O–H groups in total. The molecule has 1 amide bonds. The largest absolute Gasteiger partial charge is 0.321 e. The van der Waals surface area contributed by atoms with Gasteiger partial charge in [-0.25, -0.2) is 0 Å². The van der Waals surface area contributed by atoms with E-state index in [4.69, 9.17) is 0 Å². The summed E-state index contributed by atoms with van der Waals surface area (Å²) in [6.07, 6.45) is 3.26. The highest BCUT2D eigenvalue weighted by molar-refractivity contribution is 6.07. The van der Waals surface area contributed by atoms with Crippen LogP contribution >= 0.6 is 0 Å². The zero-order valence-corrected chi connectivity index (χ0v) is 13.4. The Hall–Kier alpha value is -3.53. The molecule has 120 valence electrons. The number of aromatic nitrogens is 2. The number of hydrogen-bond acceptors (Lipinski definition) is 3. The Morgan fingerprint density at radius 3 is 2.32 bits per heavy atom. The van der Waals surface area contributed by atoms with Crippen molar-refractivity contribution < 1.29 is 4.79 Å². The van der Waals surface area contributed by atoms with Crippen LogP contribution < -0.4 is 5.32 Å². The molecule has 0 saturated carbocycles. The summed E-state index contributed by atoms with van der Waals surface area (Å²) in [6, 6.07) is 23.1. The van der Waals surface area contributed by atoms with E-state index in [0.717, 1.165) is 22.3 Å². The van der Waals surface area contributed by atoms with Crippen molar-refractivity contribution in [2.24, 2.45) is 0 Å². The molecule has 0 spiro atoms. The van der Waals surface area contributed by atoms with Crippen molar-refractivity contribution in [2.45, 2.75) is 0 Å². The van der Waals surface area contributed by atoms with Crippen LogP contribution in [0.2, 0.25) is 0 Å². The van der Waals surface area contributed by atoms with E-state index in [-0.39, 0.29) is 5.91 Å². The lowest BCUT2D eigenvalue weighted by molar-refractivity contribution is 0.102. The van der Waals surface area contributed by atoms with Gasteiger partial charge in [0.1, 0.15) is 0 Å². The molecular weight excluding hydrogens is 310 g/mol. The number of para-hydroxylation sites is 1. The number of amides is 1. The number of hydrogen-bond donors (Lipinski definition) is 1. The first kappa shape index (κ1) is 15.0. The second-order valence-electron chi connectivity index (χ2n) is 5.63. The maximum atomic E-state index is 12.7. The number of fused-ring (bicyclic) bond motifs is 1. The Kier molecular flexibility index (Phi) is 3.92. The van der Waals surface area contributed by atoms with Crippen molar-refractivity contribution in [1.82, 2.24) is 9.97 Å². The molecule has 0 atom stereocenters. The standard InChI is InChI=1S/C21H15N3O/c25-21(16-10-11-19-20(14-16)23-13-12-22-19)24-18-9-5-4-8-17(18)15-6-2-1-3-7-15/h1-14H,(H,24,25). The molecule has 0 unspecified atom stereocenters. The Labute approximate surface area is 145 Å². The molecule has 4 rings (SSSR count). The first-order valence-corrected chi connectivity index (χ1v) is 7.98.